The van der Waals surface area contributed by atoms with Gasteiger partial charge in [0.2, 0.25) is 0 Å². The largest absolute Gasteiger partial charge is 0.493 e. The van der Waals surface area contributed by atoms with Crippen molar-refractivity contribution in [1.29, 1.82) is 0 Å². The summed E-state index contributed by atoms with van der Waals surface area (Å²) in [4.78, 5) is 42.7. The SMILES string of the molecule is CCN1C2=C(C(=O)CC(C)(C)C2)C(c2cc(Cl)c(OCC(=O)Nc3ccccc3C)c(OC)c2)C2=C1CC(C)(C)CC2=O. The molecule has 8 heteroatoms. The molecule has 0 spiro atoms. The highest BCUT2D eigenvalue weighted by atomic mass is 35.5. The summed E-state index contributed by atoms with van der Waals surface area (Å²) in [5.74, 6) is -0.205. The highest BCUT2D eigenvalue weighted by Gasteiger charge is 2.48. The van der Waals surface area contributed by atoms with E-state index in [0.717, 1.165) is 29.8 Å². The fourth-order valence-corrected chi connectivity index (χ4v) is 7.12. The van der Waals surface area contributed by atoms with Crippen LogP contribution in [0.3, 0.4) is 0 Å². The van der Waals surface area contributed by atoms with Gasteiger partial charge in [0.05, 0.1) is 12.1 Å². The van der Waals surface area contributed by atoms with Crippen LogP contribution in [0.15, 0.2) is 58.9 Å². The number of ether oxygens (including phenoxy) is 2. The maximum Gasteiger partial charge on any atom is 0.262 e. The minimum absolute atomic E-state index is 0.0576. The summed E-state index contributed by atoms with van der Waals surface area (Å²) < 4.78 is 11.6. The molecule has 2 aliphatic carbocycles. The van der Waals surface area contributed by atoms with Crippen LogP contribution in [-0.4, -0.2) is 42.6 Å². The molecule has 0 radical (unpaired) electrons. The number of hydrogen-bond acceptors (Lipinski definition) is 6. The molecular formula is C35H41ClN2O5. The summed E-state index contributed by atoms with van der Waals surface area (Å²) in [5, 5.41) is 3.10. The standard InChI is InChI=1S/C35H41ClN2O5/c1-8-38-24-15-34(3,4)17-26(39)31(24)30(32-25(38)16-35(5,6)18-27(32)40)21-13-22(36)33(28(14-21)42-7)43-19-29(41)37-23-12-10-9-11-20(23)2/h9-14,30H,8,15-19H2,1-7H3,(H,37,41). The van der Waals surface area contributed by atoms with Gasteiger partial charge in [-0.15, -0.1) is 0 Å². The van der Waals surface area contributed by atoms with Crippen molar-refractivity contribution >= 4 is 34.8 Å². The van der Waals surface area contributed by atoms with Crippen LogP contribution in [0.4, 0.5) is 5.69 Å². The lowest BCUT2D eigenvalue weighted by molar-refractivity contribution is -0.120. The number of ketones is 2. The number of halogens is 1. The summed E-state index contributed by atoms with van der Waals surface area (Å²) >= 11 is 6.82. The van der Waals surface area contributed by atoms with Crippen LogP contribution in [0.25, 0.3) is 0 Å². The van der Waals surface area contributed by atoms with Gasteiger partial charge in [0.25, 0.3) is 5.91 Å². The Morgan fingerprint density at radius 1 is 0.977 bits per heavy atom. The molecular weight excluding hydrogens is 564 g/mol. The van der Waals surface area contributed by atoms with Gasteiger partial charge in [-0.25, -0.2) is 0 Å². The quantitative estimate of drug-likeness (QED) is 0.355. The first-order valence-electron chi connectivity index (χ1n) is 14.9. The number of Topliss-reactive ketones (excluding diaryl/α,β-unsaturated/α-hetero) is 2. The van der Waals surface area contributed by atoms with Crippen molar-refractivity contribution in [1.82, 2.24) is 4.90 Å². The molecule has 0 saturated heterocycles. The molecule has 1 N–H and O–H groups in total. The van der Waals surface area contributed by atoms with E-state index in [0.29, 0.717) is 47.5 Å². The Bertz CT molecular complexity index is 1510. The van der Waals surface area contributed by atoms with E-state index in [9.17, 15) is 14.4 Å². The molecule has 43 heavy (non-hydrogen) atoms. The van der Waals surface area contributed by atoms with Crippen molar-refractivity contribution in [2.45, 2.75) is 73.1 Å². The van der Waals surface area contributed by atoms with Crippen molar-refractivity contribution in [3.63, 3.8) is 0 Å². The highest BCUT2D eigenvalue weighted by molar-refractivity contribution is 6.32. The Morgan fingerprint density at radius 2 is 1.56 bits per heavy atom. The summed E-state index contributed by atoms with van der Waals surface area (Å²) in [6, 6.07) is 11.0. The normalized spacial score (nSPS) is 19.7. The predicted molar refractivity (Wildman–Crippen MR) is 169 cm³/mol. The van der Waals surface area contributed by atoms with Crippen LogP contribution in [0.1, 0.15) is 77.3 Å². The van der Waals surface area contributed by atoms with Crippen LogP contribution < -0.4 is 14.8 Å². The zero-order chi connectivity index (χ0) is 31.3. The minimum atomic E-state index is -0.551. The number of anilines is 1. The first-order valence-corrected chi connectivity index (χ1v) is 15.3. The zero-order valence-corrected chi connectivity index (χ0v) is 26.9. The van der Waals surface area contributed by atoms with E-state index in [-0.39, 0.29) is 45.7 Å². The van der Waals surface area contributed by atoms with Gasteiger partial charge in [-0.2, -0.15) is 0 Å². The molecule has 228 valence electrons. The van der Waals surface area contributed by atoms with Gasteiger partial charge in [-0.1, -0.05) is 57.5 Å². The molecule has 0 saturated carbocycles. The number of nitrogens with zero attached hydrogens (tertiary/aromatic N) is 1. The number of methoxy groups -OCH3 is 1. The molecule has 1 heterocycles. The number of carbonyl (C=O) groups excluding carboxylic acids is 3. The molecule has 2 aromatic rings. The summed E-state index contributed by atoms with van der Waals surface area (Å²) in [7, 11) is 1.51. The Kier molecular flexibility index (Phi) is 8.25. The van der Waals surface area contributed by atoms with Crippen LogP contribution in [0.2, 0.25) is 5.02 Å². The molecule has 0 unspecified atom stereocenters. The smallest absolute Gasteiger partial charge is 0.262 e. The number of amides is 1. The van der Waals surface area contributed by atoms with E-state index in [1.165, 1.54) is 7.11 Å². The zero-order valence-electron chi connectivity index (χ0n) is 26.2. The van der Waals surface area contributed by atoms with E-state index in [1.54, 1.807) is 12.1 Å². The molecule has 3 aliphatic rings. The Labute approximate surface area is 259 Å². The molecule has 0 atom stereocenters. The number of nitrogens with one attached hydrogen (secondary N) is 1. The van der Waals surface area contributed by atoms with Crippen molar-refractivity contribution < 1.29 is 23.9 Å². The van der Waals surface area contributed by atoms with E-state index < -0.39 is 5.92 Å². The van der Waals surface area contributed by atoms with Crippen LogP contribution >= 0.6 is 11.6 Å². The lowest BCUT2D eigenvalue weighted by Crippen LogP contribution is -2.44. The van der Waals surface area contributed by atoms with E-state index in [4.69, 9.17) is 21.1 Å². The van der Waals surface area contributed by atoms with Crippen molar-refractivity contribution in [3.8, 4) is 11.5 Å². The fraction of sp³-hybridized carbons (Fsp3) is 0.457. The Balaban J connectivity index is 1.56. The summed E-state index contributed by atoms with van der Waals surface area (Å²) in [6.45, 7) is 12.9. The van der Waals surface area contributed by atoms with Crippen molar-refractivity contribution in [2.24, 2.45) is 10.8 Å². The van der Waals surface area contributed by atoms with Gasteiger partial charge < -0.3 is 19.7 Å². The molecule has 0 fully saturated rings. The van der Waals surface area contributed by atoms with Gasteiger partial charge in [-0.05, 0) is 66.8 Å². The highest BCUT2D eigenvalue weighted by Crippen LogP contribution is 2.55. The maximum atomic E-state index is 13.9. The van der Waals surface area contributed by atoms with Crippen LogP contribution in [-0.2, 0) is 14.4 Å². The molecule has 7 nitrogen and oxygen atoms in total. The number of carbonyl (C=O) groups is 3. The van der Waals surface area contributed by atoms with Gasteiger partial charge in [0.1, 0.15) is 0 Å². The first kappa shape index (κ1) is 30.9. The van der Waals surface area contributed by atoms with Gasteiger partial charge in [-0.3, -0.25) is 14.4 Å². The molecule has 2 aromatic carbocycles. The lowest BCUT2D eigenvalue weighted by Gasteiger charge is -2.49. The number of allylic oxidation sites excluding steroid dienone is 4. The van der Waals surface area contributed by atoms with Crippen molar-refractivity contribution in [3.05, 3.63) is 75.1 Å². The third-order valence-electron chi connectivity index (χ3n) is 8.69. The third kappa shape index (κ3) is 5.97. The number of benzene rings is 2. The number of para-hydroxylation sites is 1. The van der Waals surface area contributed by atoms with E-state index in [2.05, 4.69) is 44.8 Å². The van der Waals surface area contributed by atoms with Gasteiger partial charge in [0, 0.05) is 53.5 Å². The Hall–Kier alpha value is -3.58. The molecule has 5 rings (SSSR count). The average molecular weight is 605 g/mol. The monoisotopic (exact) mass is 604 g/mol. The van der Waals surface area contributed by atoms with Gasteiger partial charge >= 0.3 is 0 Å². The third-order valence-corrected chi connectivity index (χ3v) is 8.97. The van der Waals surface area contributed by atoms with Crippen molar-refractivity contribution in [2.75, 3.05) is 25.6 Å². The fourth-order valence-electron chi connectivity index (χ4n) is 6.85. The first-order chi connectivity index (χ1) is 20.2. The second kappa shape index (κ2) is 11.5. The Morgan fingerprint density at radius 3 is 2.09 bits per heavy atom. The molecule has 0 bridgehead atoms. The molecule has 1 aliphatic heterocycles. The van der Waals surface area contributed by atoms with Crippen LogP contribution in [0.5, 0.6) is 11.5 Å². The average Bonchev–Trinajstić information content (AvgIpc) is 2.91. The summed E-state index contributed by atoms with van der Waals surface area (Å²) in [6.07, 6.45) is 2.30. The van der Waals surface area contributed by atoms with Gasteiger partial charge in [0.15, 0.2) is 29.7 Å². The topological polar surface area (TPSA) is 84.9 Å². The van der Waals surface area contributed by atoms with E-state index in [1.807, 2.05) is 31.2 Å². The maximum absolute atomic E-state index is 13.9. The predicted octanol–water partition coefficient (Wildman–Crippen LogP) is 7.38. The summed E-state index contributed by atoms with van der Waals surface area (Å²) in [5.41, 5.74) is 5.33. The minimum Gasteiger partial charge on any atom is -0.493 e. The van der Waals surface area contributed by atoms with E-state index >= 15 is 0 Å². The second-order valence-electron chi connectivity index (χ2n) is 13.5. The number of aryl methyl sites for hydroxylation is 1. The number of hydrogen-bond donors (Lipinski definition) is 1. The molecule has 1 amide bonds. The number of rotatable bonds is 7. The van der Waals surface area contributed by atoms with Crippen LogP contribution in [0, 0.1) is 17.8 Å². The second-order valence-corrected chi connectivity index (χ2v) is 13.9. The molecule has 0 aromatic heterocycles. The lowest BCUT2D eigenvalue weighted by atomic mass is 9.63.